The molecule has 0 aliphatic carbocycles. The monoisotopic (exact) mass is 291 g/mol. The summed E-state index contributed by atoms with van der Waals surface area (Å²) in [7, 11) is 1.33. The highest BCUT2D eigenvalue weighted by Gasteiger charge is 2.25. The minimum atomic E-state index is -0.603. The third-order valence-corrected chi connectivity index (χ3v) is 3.62. The molecule has 4 heteroatoms. The fourth-order valence-electron chi connectivity index (χ4n) is 2.50. The molecule has 1 aromatic carbocycles. The third kappa shape index (κ3) is 4.59. The van der Waals surface area contributed by atoms with Crippen molar-refractivity contribution in [2.45, 2.75) is 47.1 Å². The molecule has 0 saturated heterocycles. The second-order valence-electron chi connectivity index (χ2n) is 5.87. The van der Waals surface area contributed by atoms with Crippen molar-refractivity contribution in [1.29, 1.82) is 0 Å². The molecular weight excluding hydrogens is 266 g/mol. The maximum atomic E-state index is 12.2. The van der Waals surface area contributed by atoms with Crippen LogP contribution >= 0.6 is 0 Å². The number of aryl methyl sites for hydroxylation is 3. The molecule has 1 rings (SSSR count). The van der Waals surface area contributed by atoms with Gasteiger partial charge in [-0.1, -0.05) is 31.5 Å². The van der Waals surface area contributed by atoms with Crippen LogP contribution in [0.15, 0.2) is 12.1 Å². The zero-order valence-corrected chi connectivity index (χ0v) is 13.7. The lowest BCUT2D eigenvalue weighted by Gasteiger charge is -2.20. The van der Waals surface area contributed by atoms with Crippen molar-refractivity contribution in [3.8, 4) is 0 Å². The number of esters is 1. The van der Waals surface area contributed by atoms with E-state index in [-0.39, 0.29) is 18.2 Å². The van der Waals surface area contributed by atoms with Gasteiger partial charge >= 0.3 is 5.97 Å². The topological polar surface area (TPSA) is 55.4 Å². The van der Waals surface area contributed by atoms with E-state index in [1.165, 1.54) is 12.7 Å². The van der Waals surface area contributed by atoms with Crippen LogP contribution in [0.2, 0.25) is 0 Å². The van der Waals surface area contributed by atoms with Crippen LogP contribution in [0.4, 0.5) is 0 Å². The number of amides is 1. The van der Waals surface area contributed by atoms with E-state index in [4.69, 9.17) is 4.74 Å². The number of rotatable bonds is 5. The van der Waals surface area contributed by atoms with E-state index in [9.17, 15) is 9.59 Å². The summed E-state index contributed by atoms with van der Waals surface area (Å²) in [4.78, 5) is 23.9. The number of ether oxygens (including phenoxy) is 1. The minimum Gasteiger partial charge on any atom is -0.467 e. The van der Waals surface area contributed by atoms with Crippen LogP contribution in [0.25, 0.3) is 0 Å². The Balaban J connectivity index is 2.84. The van der Waals surface area contributed by atoms with Crippen LogP contribution in [-0.4, -0.2) is 25.0 Å². The lowest BCUT2D eigenvalue weighted by atomic mass is 9.96. The van der Waals surface area contributed by atoms with Crippen LogP contribution in [0.3, 0.4) is 0 Å². The first-order valence-corrected chi connectivity index (χ1v) is 7.20. The first-order valence-electron chi connectivity index (χ1n) is 7.20. The van der Waals surface area contributed by atoms with Crippen LogP contribution < -0.4 is 5.32 Å². The van der Waals surface area contributed by atoms with Crippen LogP contribution in [0.1, 0.15) is 36.1 Å². The molecule has 1 N–H and O–H groups in total. The van der Waals surface area contributed by atoms with Gasteiger partial charge in [0.15, 0.2) is 0 Å². The molecule has 0 aromatic heterocycles. The van der Waals surface area contributed by atoms with Gasteiger partial charge in [0.05, 0.1) is 13.5 Å². The molecule has 0 heterocycles. The van der Waals surface area contributed by atoms with Crippen molar-refractivity contribution in [3.63, 3.8) is 0 Å². The van der Waals surface area contributed by atoms with E-state index in [2.05, 4.69) is 17.4 Å². The summed E-state index contributed by atoms with van der Waals surface area (Å²) >= 11 is 0. The van der Waals surface area contributed by atoms with E-state index in [0.29, 0.717) is 0 Å². The Morgan fingerprint density at radius 2 is 1.67 bits per heavy atom. The van der Waals surface area contributed by atoms with Gasteiger partial charge in [0.2, 0.25) is 5.91 Å². The van der Waals surface area contributed by atoms with Crippen molar-refractivity contribution >= 4 is 11.9 Å². The number of carbonyl (C=O) groups excluding carboxylic acids is 2. The number of benzene rings is 1. The zero-order chi connectivity index (χ0) is 16.2. The molecule has 1 amide bonds. The molecule has 0 saturated carbocycles. The molecular formula is C17H25NO3. The fraction of sp³-hybridized carbons (Fsp3) is 0.529. The number of hydrogen-bond donors (Lipinski definition) is 1. The van der Waals surface area contributed by atoms with Gasteiger partial charge in [-0.15, -0.1) is 0 Å². The molecule has 0 unspecified atom stereocenters. The van der Waals surface area contributed by atoms with Crippen LogP contribution in [-0.2, 0) is 20.7 Å². The molecule has 1 aromatic rings. The maximum absolute atomic E-state index is 12.2. The Morgan fingerprint density at radius 3 is 2.10 bits per heavy atom. The third-order valence-electron chi connectivity index (χ3n) is 3.62. The van der Waals surface area contributed by atoms with E-state index < -0.39 is 12.0 Å². The first-order chi connectivity index (χ1) is 9.76. The summed E-state index contributed by atoms with van der Waals surface area (Å²) in [5, 5.41) is 2.77. The fourth-order valence-corrected chi connectivity index (χ4v) is 2.50. The molecule has 0 bridgehead atoms. The lowest BCUT2D eigenvalue weighted by Crippen LogP contribution is -2.45. The van der Waals surface area contributed by atoms with Crippen LogP contribution in [0, 0.1) is 26.7 Å². The van der Waals surface area contributed by atoms with E-state index in [1.54, 1.807) is 0 Å². The normalized spacial score (nSPS) is 12.1. The highest BCUT2D eigenvalue weighted by molar-refractivity contribution is 5.86. The van der Waals surface area contributed by atoms with Gasteiger partial charge in [0, 0.05) is 0 Å². The van der Waals surface area contributed by atoms with E-state index in [1.807, 2.05) is 34.6 Å². The van der Waals surface area contributed by atoms with Gasteiger partial charge in [-0.2, -0.15) is 0 Å². The Labute approximate surface area is 126 Å². The summed E-state index contributed by atoms with van der Waals surface area (Å²) in [6.07, 6.45) is 0.276. The second kappa shape index (κ2) is 7.25. The number of nitrogens with one attached hydrogen (secondary N) is 1. The van der Waals surface area contributed by atoms with Crippen LogP contribution in [0.5, 0.6) is 0 Å². The summed E-state index contributed by atoms with van der Waals surface area (Å²) < 4.78 is 4.73. The molecule has 4 nitrogen and oxygen atoms in total. The Hall–Kier alpha value is -1.84. The average molecular weight is 291 g/mol. The molecule has 1 atom stereocenters. The summed E-state index contributed by atoms with van der Waals surface area (Å²) in [6.45, 7) is 9.80. The highest BCUT2D eigenvalue weighted by atomic mass is 16.5. The van der Waals surface area contributed by atoms with Gasteiger partial charge in [-0.3, -0.25) is 4.79 Å². The molecule has 0 spiro atoms. The van der Waals surface area contributed by atoms with Gasteiger partial charge in [0.1, 0.15) is 6.04 Å². The molecule has 21 heavy (non-hydrogen) atoms. The Bertz CT molecular complexity index is 512. The molecule has 0 aliphatic heterocycles. The standard InChI is InChI=1S/C17H25NO3/c1-10(2)16(17(20)21-6)18-15(19)9-14-12(4)7-11(3)8-13(14)5/h7-8,10,16H,9H2,1-6H3,(H,18,19)/t16-/m0/s1. The largest absolute Gasteiger partial charge is 0.467 e. The zero-order valence-electron chi connectivity index (χ0n) is 13.7. The van der Waals surface area contributed by atoms with Crippen molar-refractivity contribution < 1.29 is 14.3 Å². The SMILES string of the molecule is COC(=O)[C@@H](NC(=O)Cc1c(C)cc(C)cc1C)C(C)C. The highest BCUT2D eigenvalue weighted by Crippen LogP contribution is 2.17. The molecule has 0 fully saturated rings. The summed E-state index contributed by atoms with van der Waals surface area (Å²) in [5.41, 5.74) is 4.40. The van der Waals surface area contributed by atoms with Gasteiger partial charge < -0.3 is 10.1 Å². The maximum Gasteiger partial charge on any atom is 0.328 e. The Kier molecular flexibility index (Phi) is 5.94. The predicted octanol–water partition coefficient (Wildman–Crippen LogP) is 2.47. The number of carbonyl (C=O) groups is 2. The average Bonchev–Trinajstić information content (AvgIpc) is 2.39. The van der Waals surface area contributed by atoms with Crippen molar-refractivity contribution in [2.75, 3.05) is 7.11 Å². The molecule has 116 valence electrons. The summed E-state index contributed by atoms with van der Waals surface area (Å²) in [6, 6.07) is 3.53. The Morgan fingerprint density at radius 1 is 1.14 bits per heavy atom. The van der Waals surface area contributed by atoms with E-state index >= 15 is 0 Å². The van der Waals surface area contributed by atoms with Crippen molar-refractivity contribution in [2.24, 2.45) is 5.92 Å². The van der Waals surface area contributed by atoms with E-state index in [0.717, 1.165) is 16.7 Å². The van der Waals surface area contributed by atoms with Gasteiger partial charge in [-0.05, 0) is 43.4 Å². The number of hydrogen-bond acceptors (Lipinski definition) is 3. The lowest BCUT2D eigenvalue weighted by molar-refractivity contribution is -0.146. The van der Waals surface area contributed by atoms with Crippen molar-refractivity contribution in [1.82, 2.24) is 5.32 Å². The number of methoxy groups -OCH3 is 1. The summed E-state index contributed by atoms with van der Waals surface area (Å²) in [5.74, 6) is -0.577. The van der Waals surface area contributed by atoms with Crippen molar-refractivity contribution in [3.05, 3.63) is 34.4 Å². The van der Waals surface area contributed by atoms with Gasteiger partial charge in [0.25, 0.3) is 0 Å². The molecule has 0 aliphatic rings. The first kappa shape index (κ1) is 17.2. The quantitative estimate of drug-likeness (QED) is 0.848. The van der Waals surface area contributed by atoms with Gasteiger partial charge in [-0.25, -0.2) is 4.79 Å². The predicted molar refractivity (Wildman–Crippen MR) is 83.1 cm³/mol. The second-order valence-corrected chi connectivity index (χ2v) is 5.87. The smallest absolute Gasteiger partial charge is 0.328 e. The minimum absolute atomic E-state index is 0.0124. The molecule has 0 radical (unpaired) electrons.